The van der Waals surface area contributed by atoms with Crippen molar-refractivity contribution in [1.29, 1.82) is 0 Å². The fraction of sp³-hybridized carbons (Fsp3) is 0.526. The second-order valence-corrected chi connectivity index (χ2v) is 6.70. The van der Waals surface area contributed by atoms with E-state index in [1.54, 1.807) is 6.92 Å². The zero-order valence-corrected chi connectivity index (χ0v) is 15.4. The lowest BCUT2D eigenvalue weighted by Gasteiger charge is -2.37. The van der Waals surface area contributed by atoms with Crippen LogP contribution in [0.2, 0.25) is 0 Å². The number of nitrogens with zero attached hydrogens (tertiary/aromatic N) is 1. The number of carboxylic acid groups (broad SMARTS) is 1. The second-order valence-electron chi connectivity index (χ2n) is 6.70. The molecule has 1 heterocycles. The molecule has 0 aliphatic carbocycles. The Bertz CT molecular complexity index is 717. The number of likely N-dealkylation sites (tertiary alicyclic amines) is 1. The highest BCUT2D eigenvalue weighted by Gasteiger charge is 2.35. The molecule has 6 nitrogen and oxygen atoms in total. The molecule has 9 heteroatoms. The van der Waals surface area contributed by atoms with Gasteiger partial charge in [-0.15, -0.1) is 0 Å². The molecule has 2 atom stereocenters. The summed E-state index contributed by atoms with van der Waals surface area (Å²) in [5.41, 5.74) is -0.236. The van der Waals surface area contributed by atoms with Crippen LogP contribution in [0.25, 0.3) is 0 Å². The number of piperidine rings is 1. The molecule has 1 saturated heterocycles. The number of hydrogen-bond acceptors (Lipinski definition) is 4. The van der Waals surface area contributed by atoms with Crippen molar-refractivity contribution in [2.75, 3.05) is 13.2 Å². The first-order valence-electron chi connectivity index (χ1n) is 8.95. The number of amides is 1. The Kier molecular flexibility index (Phi) is 7.04. The van der Waals surface area contributed by atoms with Crippen molar-refractivity contribution in [2.45, 2.75) is 44.8 Å². The van der Waals surface area contributed by atoms with Crippen molar-refractivity contribution in [3.8, 4) is 0 Å². The Morgan fingerprint density at radius 3 is 2.39 bits per heavy atom. The zero-order chi connectivity index (χ0) is 20.9. The summed E-state index contributed by atoms with van der Waals surface area (Å²) in [5.74, 6) is -1.41. The van der Waals surface area contributed by atoms with Crippen LogP contribution in [-0.2, 0) is 26.9 Å². The van der Waals surface area contributed by atoms with Gasteiger partial charge < -0.3 is 14.7 Å². The van der Waals surface area contributed by atoms with Gasteiger partial charge in [0.2, 0.25) is 0 Å². The van der Waals surface area contributed by atoms with Crippen LogP contribution in [0.1, 0.15) is 37.3 Å². The lowest BCUT2D eigenvalue weighted by Crippen LogP contribution is -2.48. The van der Waals surface area contributed by atoms with E-state index in [0.29, 0.717) is 12.0 Å². The van der Waals surface area contributed by atoms with Gasteiger partial charge in [0.15, 0.2) is 0 Å². The van der Waals surface area contributed by atoms with Gasteiger partial charge in [-0.1, -0.05) is 12.1 Å². The molecular weight excluding hydrogens is 379 g/mol. The van der Waals surface area contributed by atoms with E-state index >= 15 is 0 Å². The Balaban J connectivity index is 2.08. The number of hydrogen-bond donors (Lipinski definition) is 1. The van der Waals surface area contributed by atoms with Gasteiger partial charge in [0.25, 0.3) is 0 Å². The molecule has 0 radical (unpaired) electrons. The van der Waals surface area contributed by atoms with Crippen LogP contribution in [0.3, 0.4) is 0 Å². The number of rotatable bonds is 6. The van der Waals surface area contributed by atoms with E-state index in [1.807, 2.05) is 0 Å². The largest absolute Gasteiger partial charge is 0.466 e. The lowest BCUT2D eigenvalue weighted by molar-refractivity contribution is -0.146. The summed E-state index contributed by atoms with van der Waals surface area (Å²) in [7, 11) is 0. The van der Waals surface area contributed by atoms with Crippen LogP contribution >= 0.6 is 0 Å². The standard InChI is InChI=1S/C19H22F3NO5/c1-2-28-17(25)11-16(24)13-7-8-23(18(26)27)15(10-13)9-12-3-5-14(6-4-12)19(20,21)22/h3-6,13,15H,2,7-11H2,1H3,(H,26,27)/t13-,15-/m0/s1. The molecular formula is C19H22F3NO5. The zero-order valence-electron chi connectivity index (χ0n) is 15.4. The van der Waals surface area contributed by atoms with Gasteiger partial charge in [0.05, 0.1) is 12.2 Å². The molecule has 0 saturated carbocycles. The fourth-order valence-corrected chi connectivity index (χ4v) is 3.39. The quantitative estimate of drug-likeness (QED) is 0.582. The van der Waals surface area contributed by atoms with E-state index in [9.17, 15) is 32.7 Å². The molecule has 0 unspecified atom stereocenters. The highest BCUT2D eigenvalue weighted by atomic mass is 19.4. The smallest absolute Gasteiger partial charge is 0.416 e. The first-order chi connectivity index (χ1) is 13.1. The van der Waals surface area contributed by atoms with Crippen molar-refractivity contribution < 1.29 is 37.4 Å². The lowest BCUT2D eigenvalue weighted by atomic mass is 9.84. The van der Waals surface area contributed by atoms with Gasteiger partial charge in [-0.2, -0.15) is 13.2 Å². The number of alkyl halides is 3. The van der Waals surface area contributed by atoms with E-state index < -0.39 is 35.8 Å². The van der Waals surface area contributed by atoms with E-state index in [2.05, 4.69) is 0 Å². The molecule has 0 bridgehead atoms. The highest BCUT2D eigenvalue weighted by molar-refractivity contribution is 5.96. The minimum absolute atomic E-state index is 0.125. The third kappa shape index (κ3) is 5.71. The van der Waals surface area contributed by atoms with E-state index in [4.69, 9.17) is 4.74 Å². The van der Waals surface area contributed by atoms with Gasteiger partial charge in [-0.3, -0.25) is 9.59 Å². The monoisotopic (exact) mass is 401 g/mol. The Hall–Kier alpha value is -2.58. The van der Waals surface area contributed by atoms with E-state index in [-0.39, 0.29) is 38.2 Å². The normalized spacial score (nSPS) is 19.9. The average Bonchev–Trinajstić information content (AvgIpc) is 2.61. The molecule has 1 aliphatic rings. The van der Waals surface area contributed by atoms with Crippen molar-refractivity contribution in [2.24, 2.45) is 5.92 Å². The minimum atomic E-state index is -4.44. The first kappa shape index (κ1) is 21.7. The van der Waals surface area contributed by atoms with Crippen LogP contribution < -0.4 is 0 Å². The molecule has 1 fully saturated rings. The summed E-state index contributed by atoms with van der Waals surface area (Å²) in [6, 6.07) is 3.97. The molecule has 0 aromatic heterocycles. The maximum Gasteiger partial charge on any atom is 0.416 e. The third-order valence-corrected chi connectivity index (χ3v) is 4.79. The SMILES string of the molecule is CCOC(=O)CC(=O)[C@H]1CCN(C(=O)O)[C@@H](Cc2ccc(C(F)(F)F)cc2)C1. The van der Waals surface area contributed by atoms with E-state index in [1.165, 1.54) is 17.0 Å². The number of ketones is 1. The Morgan fingerprint density at radius 1 is 1.21 bits per heavy atom. The van der Waals surface area contributed by atoms with Gasteiger partial charge in [0, 0.05) is 18.5 Å². The fourth-order valence-electron chi connectivity index (χ4n) is 3.39. The van der Waals surface area contributed by atoms with Crippen molar-refractivity contribution in [3.05, 3.63) is 35.4 Å². The molecule has 2 rings (SSSR count). The number of esters is 1. The third-order valence-electron chi connectivity index (χ3n) is 4.79. The number of carbonyl (C=O) groups is 3. The van der Waals surface area contributed by atoms with Gasteiger partial charge in [-0.05, 0) is 43.9 Å². The number of benzene rings is 1. The second kappa shape index (κ2) is 9.07. The predicted molar refractivity (Wildman–Crippen MR) is 92.6 cm³/mol. The highest BCUT2D eigenvalue weighted by Crippen LogP contribution is 2.31. The number of Topliss-reactive ketones (excluding diaryl/α,β-unsaturated/α-hetero) is 1. The summed E-state index contributed by atoms with van der Waals surface area (Å²) in [5, 5.41) is 9.40. The molecule has 154 valence electrons. The first-order valence-corrected chi connectivity index (χ1v) is 8.95. The number of carbonyl (C=O) groups excluding carboxylic acids is 2. The Labute approximate surface area is 160 Å². The van der Waals surface area contributed by atoms with Crippen molar-refractivity contribution in [3.63, 3.8) is 0 Å². The summed E-state index contributed by atoms with van der Waals surface area (Å²) in [4.78, 5) is 36.5. The van der Waals surface area contributed by atoms with Gasteiger partial charge in [0.1, 0.15) is 12.2 Å². The van der Waals surface area contributed by atoms with Gasteiger partial charge in [-0.25, -0.2) is 4.79 Å². The van der Waals surface area contributed by atoms with Crippen LogP contribution in [0, 0.1) is 5.92 Å². The summed E-state index contributed by atoms with van der Waals surface area (Å²) in [6.45, 7) is 1.92. The van der Waals surface area contributed by atoms with Crippen molar-refractivity contribution in [1.82, 2.24) is 4.90 Å². The molecule has 1 amide bonds. The predicted octanol–water partition coefficient (Wildman–Crippen LogP) is 3.53. The van der Waals surface area contributed by atoms with Crippen LogP contribution in [-0.4, -0.2) is 47.0 Å². The number of ether oxygens (including phenoxy) is 1. The summed E-state index contributed by atoms with van der Waals surface area (Å²) >= 11 is 0. The molecule has 28 heavy (non-hydrogen) atoms. The minimum Gasteiger partial charge on any atom is -0.466 e. The van der Waals surface area contributed by atoms with Gasteiger partial charge >= 0.3 is 18.2 Å². The van der Waals surface area contributed by atoms with Crippen LogP contribution in [0.5, 0.6) is 0 Å². The molecule has 1 aromatic rings. The van der Waals surface area contributed by atoms with Crippen LogP contribution in [0.15, 0.2) is 24.3 Å². The van der Waals surface area contributed by atoms with Crippen molar-refractivity contribution >= 4 is 17.8 Å². The summed E-state index contributed by atoms with van der Waals surface area (Å²) in [6.07, 6.45) is -5.25. The molecule has 1 aliphatic heterocycles. The average molecular weight is 401 g/mol. The van der Waals surface area contributed by atoms with Crippen LogP contribution in [0.4, 0.5) is 18.0 Å². The summed E-state index contributed by atoms with van der Waals surface area (Å²) < 4.78 is 42.8. The topological polar surface area (TPSA) is 83.9 Å². The number of halogens is 3. The Morgan fingerprint density at radius 2 is 1.86 bits per heavy atom. The molecule has 0 spiro atoms. The maximum absolute atomic E-state index is 12.7. The molecule has 1 aromatic carbocycles. The maximum atomic E-state index is 12.7. The molecule has 1 N–H and O–H groups in total. The van der Waals surface area contributed by atoms with E-state index in [0.717, 1.165) is 12.1 Å².